The van der Waals surface area contributed by atoms with E-state index in [1.807, 2.05) is 30.3 Å². The summed E-state index contributed by atoms with van der Waals surface area (Å²) in [5.74, 6) is 1.70. The van der Waals surface area contributed by atoms with Gasteiger partial charge in [0.25, 0.3) is 0 Å². The Morgan fingerprint density at radius 2 is 0.913 bits per heavy atom. The quantitative estimate of drug-likeness (QED) is 0.193. The van der Waals surface area contributed by atoms with Crippen molar-refractivity contribution in [1.82, 2.24) is 24.9 Å². The third kappa shape index (κ3) is 5.31. The smallest absolute Gasteiger partial charge is 0.165 e. The summed E-state index contributed by atoms with van der Waals surface area (Å²) < 4.78 is 0. The number of rotatable bonds is 6. The Hall–Kier alpha value is -6.33. The molecular formula is C41H27N5. The largest absolute Gasteiger partial charge is 0.264 e. The number of aromatic nitrogens is 5. The van der Waals surface area contributed by atoms with E-state index >= 15 is 0 Å². The van der Waals surface area contributed by atoms with Crippen LogP contribution < -0.4 is 0 Å². The van der Waals surface area contributed by atoms with Gasteiger partial charge in [-0.25, -0.2) is 15.0 Å². The van der Waals surface area contributed by atoms with E-state index in [9.17, 15) is 0 Å². The highest BCUT2D eigenvalue weighted by Gasteiger charge is 2.17. The first-order valence-corrected chi connectivity index (χ1v) is 15.2. The lowest BCUT2D eigenvalue weighted by molar-refractivity contribution is 1.07. The van der Waals surface area contributed by atoms with Gasteiger partial charge in [0, 0.05) is 41.5 Å². The molecule has 46 heavy (non-hydrogen) atoms. The Balaban J connectivity index is 1.35. The van der Waals surface area contributed by atoms with Gasteiger partial charge in [0.15, 0.2) is 17.5 Å². The van der Waals surface area contributed by atoms with E-state index in [1.165, 1.54) is 21.9 Å². The average Bonchev–Trinajstić information content (AvgIpc) is 3.15. The van der Waals surface area contributed by atoms with Gasteiger partial charge < -0.3 is 0 Å². The zero-order valence-electron chi connectivity index (χ0n) is 24.8. The molecule has 3 heterocycles. The van der Waals surface area contributed by atoms with Crippen molar-refractivity contribution in [2.45, 2.75) is 0 Å². The van der Waals surface area contributed by atoms with Crippen LogP contribution >= 0.6 is 0 Å². The zero-order chi connectivity index (χ0) is 30.7. The van der Waals surface area contributed by atoms with Crippen molar-refractivity contribution in [3.05, 3.63) is 164 Å². The van der Waals surface area contributed by atoms with E-state index < -0.39 is 0 Å². The normalized spacial score (nSPS) is 11.0. The van der Waals surface area contributed by atoms with E-state index in [4.69, 9.17) is 15.0 Å². The minimum absolute atomic E-state index is 0.559. The molecule has 0 aliphatic heterocycles. The molecule has 0 spiro atoms. The number of benzene rings is 5. The van der Waals surface area contributed by atoms with Crippen molar-refractivity contribution in [2.75, 3.05) is 0 Å². The predicted molar refractivity (Wildman–Crippen MR) is 186 cm³/mol. The number of fused-ring (bicyclic) bond motifs is 1. The Bertz CT molecular complexity index is 2240. The van der Waals surface area contributed by atoms with E-state index in [1.54, 1.807) is 24.8 Å². The summed E-state index contributed by atoms with van der Waals surface area (Å²) in [5.41, 5.74) is 9.41. The van der Waals surface area contributed by atoms with Gasteiger partial charge in [-0.05, 0) is 80.6 Å². The maximum absolute atomic E-state index is 4.97. The maximum atomic E-state index is 4.97. The zero-order valence-corrected chi connectivity index (χ0v) is 24.8. The van der Waals surface area contributed by atoms with Gasteiger partial charge in [0.2, 0.25) is 0 Å². The molecule has 0 amide bonds. The van der Waals surface area contributed by atoms with Crippen molar-refractivity contribution >= 4 is 10.8 Å². The lowest BCUT2D eigenvalue weighted by Crippen LogP contribution is -2.01. The molecule has 0 aliphatic rings. The molecule has 8 aromatic rings. The second kappa shape index (κ2) is 12.0. The van der Waals surface area contributed by atoms with Crippen molar-refractivity contribution < 1.29 is 0 Å². The summed E-state index contributed by atoms with van der Waals surface area (Å²) in [4.78, 5) is 23.4. The molecule has 0 atom stereocenters. The van der Waals surface area contributed by atoms with Gasteiger partial charge in [-0.2, -0.15) is 0 Å². The molecule has 0 N–H and O–H groups in total. The van der Waals surface area contributed by atoms with Crippen LogP contribution in [-0.2, 0) is 0 Å². The van der Waals surface area contributed by atoms with Crippen molar-refractivity contribution in [3.63, 3.8) is 0 Å². The van der Waals surface area contributed by atoms with Crippen LogP contribution in [0.3, 0.4) is 0 Å². The van der Waals surface area contributed by atoms with Crippen LogP contribution in [0.4, 0.5) is 0 Å². The topological polar surface area (TPSA) is 64.5 Å². The summed E-state index contributed by atoms with van der Waals surface area (Å²) in [5, 5.41) is 2.37. The highest BCUT2D eigenvalue weighted by atomic mass is 15.0. The Kier molecular flexibility index (Phi) is 7.09. The summed E-state index contributed by atoms with van der Waals surface area (Å²) in [7, 11) is 0. The minimum Gasteiger partial charge on any atom is -0.264 e. The van der Waals surface area contributed by atoms with Gasteiger partial charge in [0.05, 0.1) is 0 Å². The first kappa shape index (κ1) is 27.2. The van der Waals surface area contributed by atoms with Crippen LogP contribution in [-0.4, -0.2) is 24.9 Å². The lowest BCUT2D eigenvalue weighted by atomic mass is 9.89. The standard InChI is InChI=1S/C41H27N5/c1-2-10-28(11-3-1)30-14-6-15-31(24-30)36-21-20-32(25-38(36)37-19-7-13-29-12-4-5-18-35(29)37)39-44-40(33-16-8-22-42-26-33)46-41(45-39)34-17-9-23-43-27-34/h1-27H. The van der Waals surface area contributed by atoms with Gasteiger partial charge in [0.1, 0.15) is 0 Å². The predicted octanol–water partition coefficient (Wildman–Crippen LogP) is 9.82. The van der Waals surface area contributed by atoms with E-state index in [-0.39, 0.29) is 0 Å². The number of pyridine rings is 2. The van der Waals surface area contributed by atoms with E-state index in [2.05, 4.69) is 119 Å². The molecule has 5 heteroatoms. The molecule has 3 aromatic heterocycles. The second-order valence-electron chi connectivity index (χ2n) is 11.0. The molecular weight excluding hydrogens is 562 g/mol. The van der Waals surface area contributed by atoms with Gasteiger partial charge in [-0.15, -0.1) is 0 Å². The van der Waals surface area contributed by atoms with Gasteiger partial charge in [-0.1, -0.05) is 103 Å². The highest BCUT2D eigenvalue weighted by Crippen LogP contribution is 2.40. The summed E-state index contributed by atoms with van der Waals surface area (Å²) in [6.07, 6.45) is 7.04. The summed E-state index contributed by atoms with van der Waals surface area (Å²) in [6, 6.07) is 48.4. The average molecular weight is 590 g/mol. The fourth-order valence-electron chi connectivity index (χ4n) is 5.87. The molecule has 5 nitrogen and oxygen atoms in total. The molecule has 216 valence electrons. The molecule has 5 aromatic carbocycles. The monoisotopic (exact) mass is 589 g/mol. The maximum Gasteiger partial charge on any atom is 0.165 e. The molecule has 0 unspecified atom stereocenters. The van der Waals surface area contributed by atoms with Crippen molar-refractivity contribution in [3.8, 4) is 67.5 Å². The van der Waals surface area contributed by atoms with Crippen molar-refractivity contribution in [2.24, 2.45) is 0 Å². The number of nitrogens with zero attached hydrogens (tertiary/aromatic N) is 5. The van der Waals surface area contributed by atoms with Crippen LogP contribution in [0.25, 0.3) is 78.3 Å². The molecule has 0 saturated heterocycles. The second-order valence-corrected chi connectivity index (χ2v) is 11.0. The summed E-state index contributed by atoms with van der Waals surface area (Å²) >= 11 is 0. The Labute approximate surface area is 267 Å². The number of hydrogen-bond acceptors (Lipinski definition) is 5. The van der Waals surface area contributed by atoms with Crippen molar-refractivity contribution in [1.29, 1.82) is 0 Å². The first-order valence-electron chi connectivity index (χ1n) is 15.2. The van der Waals surface area contributed by atoms with Gasteiger partial charge >= 0.3 is 0 Å². The Morgan fingerprint density at radius 3 is 1.63 bits per heavy atom. The third-order valence-electron chi connectivity index (χ3n) is 8.11. The fourth-order valence-corrected chi connectivity index (χ4v) is 5.87. The van der Waals surface area contributed by atoms with E-state index in [0.29, 0.717) is 17.5 Å². The highest BCUT2D eigenvalue weighted by molar-refractivity contribution is 6.01. The Morgan fingerprint density at radius 1 is 0.326 bits per heavy atom. The minimum atomic E-state index is 0.559. The first-order chi connectivity index (χ1) is 22.8. The van der Waals surface area contributed by atoms with Gasteiger partial charge in [-0.3, -0.25) is 9.97 Å². The summed E-state index contributed by atoms with van der Waals surface area (Å²) in [6.45, 7) is 0. The van der Waals surface area contributed by atoms with Crippen LogP contribution in [0.2, 0.25) is 0 Å². The number of hydrogen-bond donors (Lipinski definition) is 0. The van der Waals surface area contributed by atoms with E-state index in [0.717, 1.165) is 38.9 Å². The molecule has 0 aliphatic carbocycles. The SMILES string of the molecule is c1ccc(-c2cccc(-c3ccc(-c4nc(-c5cccnc5)nc(-c5cccnc5)n4)cc3-c3cccc4ccccc34)c2)cc1. The lowest BCUT2D eigenvalue weighted by Gasteiger charge is -2.16. The molecule has 8 rings (SSSR count). The molecule has 0 bridgehead atoms. The third-order valence-corrected chi connectivity index (χ3v) is 8.11. The van der Waals surface area contributed by atoms with Crippen LogP contribution in [0, 0.1) is 0 Å². The molecule has 0 radical (unpaired) electrons. The molecule has 0 saturated carbocycles. The van der Waals surface area contributed by atoms with Crippen LogP contribution in [0.15, 0.2) is 164 Å². The fraction of sp³-hybridized carbons (Fsp3) is 0. The molecule has 0 fully saturated rings. The van der Waals surface area contributed by atoms with Crippen LogP contribution in [0.5, 0.6) is 0 Å². The van der Waals surface area contributed by atoms with Crippen LogP contribution in [0.1, 0.15) is 0 Å².